The van der Waals surface area contributed by atoms with E-state index in [1.165, 1.54) is 11.8 Å². The van der Waals surface area contributed by atoms with Gasteiger partial charge in [0.15, 0.2) is 11.0 Å². The number of cyclic esters (lactones) is 1. The summed E-state index contributed by atoms with van der Waals surface area (Å²) in [7, 11) is 0. The molecule has 0 N–H and O–H groups in total. The highest BCUT2D eigenvalue weighted by atomic mass is 32.2. The lowest BCUT2D eigenvalue weighted by Gasteiger charge is -2.15. The molecule has 168 valence electrons. The first kappa shape index (κ1) is 21.6. The molecule has 6 nitrogen and oxygen atoms in total. The summed E-state index contributed by atoms with van der Waals surface area (Å²) in [5, 5.41) is 10.7. The maximum atomic E-state index is 12.1. The Labute approximate surface area is 197 Å². The number of aromatic nitrogens is 4. The minimum absolute atomic E-state index is 0.166. The van der Waals surface area contributed by atoms with Crippen LogP contribution in [0.4, 0.5) is 0 Å². The maximum Gasteiger partial charge on any atom is 0.319 e. The summed E-state index contributed by atoms with van der Waals surface area (Å²) in [6, 6.07) is 20.4. The summed E-state index contributed by atoms with van der Waals surface area (Å²) in [6.07, 6.45) is 1.69. The molecule has 2 aromatic carbocycles. The summed E-state index contributed by atoms with van der Waals surface area (Å²) in [4.78, 5) is 17.0. The van der Waals surface area contributed by atoms with Gasteiger partial charge in [-0.15, -0.1) is 10.2 Å². The molecule has 1 aliphatic heterocycles. The predicted molar refractivity (Wildman–Crippen MR) is 131 cm³/mol. The van der Waals surface area contributed by atoms with Crippen LogP contribution in [0.3, 0.4) is 0 Å². The summed E-state index contributed by atoms with van der Waals surface area (Å²) in [5.41, 5.74) is 3.87. The molecule has 0 aliphatic carbocycles. The Kier molecular flexibility index (Phi) is 6.13. The van der Waals surface area contributed by atoms with E-state index in [0.717, 1.165) is 51.7 Å². The third-order valence-electron chi connectivity index (χ3n) is 5.81. The molecular formula is C26H26N4O2S. The zero-order chi connectivity index (χ0) is 22.8. The van der Waals surface area contributed by atoms with E-state index in [0.29, 0.717) is 18.9 Å². The third-order valence-corrected chi connectivity index (χ3v) is 7.03. The molecule has 1 unspecified atom stereocenters. The molecule has 7 heteroatoms. The molecule has 0 saturated carbocycles. The lowest BCUT2D eigenvalue weighted by Crippen LogP contribution is -2.12. The normalized spacial score (nSPS) is 16.0. The smallest absolute Gasteiger partial charge is 0.319 e. The number of para-hydroxylation sites is 1. The van der Waals surface area contributed by atoms with E-state index >= 15 is 0 Å². The Balaban J connectivity index is 1.64. The van der Waals surface area contributed by atoms with Gasteiger partial charge in [0.2, 0.25) is 0 Å². The Morgan fingerprint density at radius 3 is 2.64 bits per heavy atom. The summed E-state index contributed by atoms with van der Waals surface area (Å²) >= 11 is 1.46. The number of nitrogens with zero attached hydrogens (tertiary/aromatic N) is 4. The van der Waals surface area contributed by atoms with Gasteiger partial charge in [-0.1, -0.05) is 74.1 Å². The van der Waals surface area contributed by atoms with Crippen molar-refractivity contribution in [2.45, 2.75) is 43.6 Å². The monoisotopic (exact) mass is 458 g/mol. The Bertz CT molecular complexity index is 1290. The fraction of sp³-hybridized carbons (Fsp3) is 0.308. The lowest BCUT2D eigenvalue weighted by atomic mass is 10.0. The van der Waals surface area contributed by atoms with Crippen molar-refractivity contribution >= 4 is 28.6 Å². The number of thioether (sulfide) groups is 1. The van der Waals surface area contributed by atoms with E-state index < -0.39 is 0 Å². The number of carbonyl (C=O) groups excluding carboxylic acids is 1. The Morgan fingerprint density at radius 1 is 1.09 bits per heavy atom. The second kappa shape index (κ2) is 9.35. The van der Waals surface area contributed by atoms with Crippen LogP contribution in [0.2, 0.25) is 0 Å². The van der Waals surface area contributed by atoms with Crippen LogP contribution in [-0.2, 0) is 16.1 Å². The van der Waals surface area contributed by atoms with E-state index in [1.807, 2.05) is 36.4 Å². The molecule has 0 spiro atoms. The van der Waals surface area contributed by atoms with Gasteiger partial charge in [0, 0.05) is 29.5 Å². The van der Waals surface area contributed by atoms with Crippen LogP contribution in [0.25, 0.3) is 33.5 Å². The maximum absolute atomic E-state index is 12.1. The van der Waals surface area contributed by atoms with Crippen LogP contribution < -0.4 is 0 Å². The molecule has 0 bridgehead atoms. The van der Waals surface area contributed by atoms with Crippen LogP contribution in [0.15, 0.2) is 65.8 Å². The molecule has 1 aliphatic rings. The summed E-state index contributed by atoms with van der Waals surface area (Å²) in [6.45, 7) is 5.67. The minimum atomic E-state index is -0.228. The number of carbonyl (C=O) groups is 1. The Morgan fingerprint density at radius 2 is 1.88 bits per heavy atom. The largest absolute Gasteiger partial charge is 0.465 e. The molecule has 5 rings (SSSR count). The predicted octanol–water partition coefficient (Wildman–Crippen LogP) is 5.61. The molecule has 1 fully saturated rings. The first-order valence-electron chi connectivity index (χ1n) is 11.3. The van der Waals surface area contributed by atoms with Gasteiger partial charge >= 0.3 is 5.97 Å². The number of fused-ring (bicyclic) bond motifs is 1. The number of hydrogen-bond donors (Lipinski definition) is 0. The van der Waals surface area contributed by atoms with E-state index in [9.17, 15) is 4.79 Å². The first-order valence-corrected chi connectivity index (χ1v) is 12.2. The van der Waals surface area contributed by atoms with Crippen molar-refractivity contribution in [3.63, 3.8) is 0 Å². The van der Waals surface area contributed by atoms with Crippen molar-refractivity contribution in [3.8, 4) is 22.6 Å². The molecule has 0 amide bonds. The molecule has 0 radical (unpaired) electrons. The van der Waals surface area contributed by atoms with Gasteiger partial charge in [0.25, 0.3) is 0 Å². The van der Waals surface area contributed by atoms with Gasteiger partial charge in [0.1, 0.15) is 5.25 Å². The topological polar surface area (TPSA) is 69.9 Å². The number of ether oxygens (including phenoxy) is 1. The second-order valence-electron chi connectivity index (χ2n) is 8.64. The standard InChI is InChI=1S/C26H26N4O2S/c1-17(2)12-14-30-24(28-29-26(30)33-23-13-15-32-25(23)31)20-16-22(18-8-4-3-5-9-18)27-21-11-7-6-10-19(20)21/h3-11,16-17,23H,12-15H2,1-2H3. The average Bonchev–Trinajstić information content (AvgIpc) is 3.43. The number of esters is 1. The van der Waals surface area contributed by atoms with Crippen molar-refractivity contribution in [1.29, 1.82) is 0 Å². The zero-order valence-electron chi connectivity index (χ0n) is 18.8. The van der Waals surface area contributed by atoms with Crippen LogP contribution in [0, 0.1) is 5.92 Å². The molecule has 4 aromatic rings. The quantitative estimate of drug-likeness (QED) is 0.335. The van der Waals surface area contributed by atoms with Crippen molar-refractivity contribution in [1.82, 2.24) is 19.7 Å². The highest BCUT2D eigenvalue weighted by Gasteiger charge is 2.30. The second-order valence-corrected chi connectivity index (χ2v) is 9.81. The van der Waals surface area contributed by atoms with E-state index in [-0.39, 0.29) is 11.2 Å². The molecule has 1 atom stereocenters. The van der Waals surface area contributed by atoms with Crippen LogP contribution in [-0.4, -0.2) is 37.6 Å². The molecular weight excluding hydrogens is 432 g/mol. The summed E-state index contributed by atoms with van der Waals surface area (Å²) in [5.74, 6) is 1.17. The van der Waals surface area contributed by atoms with Gasteiger partial charge in [0.05, 0.1) is 17.8 Å². The first-order chi connectivity index (χ1) is 16.1. The number of rotatable bonds is 7. The van der Waals surface area contributed by atoms with Gasteiger partial charge in [-0.05, 0) is 24.5 Å². The number of hydrogen-bond acceptors (Lipinski definition) is 6. The van der Waals surface area contributed by atoms with Crippen molar-refractivity contribution in [2.24, 2.45) is 5.92 Å². The zero-order valence-corrected chi connectivity index (χ0v) is 19.6. The minimum Gasteiger partial charge on any atom is -0.465 e. The van der Waals surface area contributed by atoms with Gasteiger partial charge in [-0.2, -0.15) is 0 Å². The molecule has 1 saturated heterocycles. The van der Waals surface area contributed by atoms with E-state index in [1.54, 1.807) is 0 Å². The van der Waals surface area contributed by atoms with Crippen molar-refractivity contribution in [2.75, 3.05) is 6.61 Å². The summed E-state index contributed by atoms with van der Waals surface area (Å²) < 4.78 is 7.32. The van der Waals surface area contributed by atoms with Crippen LogP contribution in [0.1, 0.15) is 26.7 Å². The molecule has 2 aromatic heterocycles. The lowest BCUT2D eigenvalue weighted by molar-refractivity contribution is -0.137. The van der Waals surface area contributed by atoms with E-state index in [2.05, 4.69) is 52.9 Å². The van der Waals surface area contributed by atoms with Crippen LogP contribution >= 0.6 is 11.8 Å². The third kappa shape index (κ3) is 4.50. The van der Waals surface area contributed by atoms with Crippen LogP contribution in [0.5, 0.6) is 0 Å². The van der Waals surface area contributed by atoms with Gasteiger partial charge in [-0.25, -0.2) is 4.98 Å². The number of benzene rings is 2. The highest BCUT2D eigenvalue weighted by Crippen LogP contribution is 2.35. The van der Waals surface area contributed by atoms with Gasteiger partial charge < -0.3 is 9.30 Å². The van der Waals surface area contributed by atoms with Crippen molar-refractivity contribution < 1.29 is 9.53 Å². The fourth-order valence-corrected chi connectivity index (χ4v) is 5.02. The average molecular weight is 459 g/mol. The van der Waals surface area contributed by atoms with E-state index in [4.69, 9.17) is 9.72 Å². The SMILES string of the molecule is CC(C)CCn1c(SC2CCOC2=O)nnc1-c1cc(-c2ccccc2)nc2ccccc12. The molecule has 33 heavy (non-hydrogen) atoms. The highest BCUT2D eigenvalue weighted by molar-refractivity contribution is 8.00. The Hall–Kier alpha value is -3.19. The van der Waals surface area contributed by atoms with Gasteiger partial charge in [-0.3, -0.25) is 4.79 Å². The fourth-order valence-electron chi connectivity index (χ4n) is 3.99. The molecule has 3 heterocycles. The van der Waals surface area contributed by atoms with Crippen molar-refractivity contribution in [3.05, 3.63) is 60.7 Å². The number of pyridine rings is 1.